The minimum absolute atomic E-state index is 0.148. The maximum atomic E-state index is 12.6. The van der Waals surface area contributed by atoms with Crippen LogP contribution in [0.15, 0.2) is 22.9 Å². The zero-order chi connectivity index (χ0) is 18.0. The van der Waals surface area contributed by atoms with Gasteiger partial charge < -0.3 is 14.6 Å². The van der Waals surface area contributed by atoms with E-state index in [0.29, 0.717) is 41.1 Å². The molecule has 1 amide bonds. The molecule has 0 aromatic carbocycles. The van der Waals surface area contributed by atoms with Gasteiger partial charge in [-0.3, -0.25) is 9.20 Å². The van der Waals surface area contributed by atoms with Gasteiger partial charge in [-0.15, -0.1) is 0 Å². The Hall–Kier alpha value is -2.90. The van der Waals surface area contributed by atoms with Crippen molar-refractivity contribution in [2.24, 2.45) is 0 Å². The van der Waals surface area contributed by atoms with Crippen molar-refractivity contribution in [3.05, 3.63) is 41.4 Å². The first-order chi connectivity index (χ1) is 12.0. The second kappa shape index (κ2) is 6.92. The summed E-state index contributed by atoms with van der Waals surface area (Å²) in [6.07, 6.45) is 1.79. The summed E-state index contributed by atoms with van der Waals surface area (Å²) in [6, 6.07) is 3.66. The number of aryl methyl sites for hydroxylation is 1. The van der Waals surface area contributed by atoms with Crippen LogP contribution in [0.4, 0.5) is 0 Å². The van der Waals surface area contributed by atoms with E-state index in [1.54, 1.807) is 17.5 Å². The Morgan fingerprint density at radius 2 is 2.20 bits per heavy atom. The van der Waals surface area contributed by atoms with Gasteiger partial charge in [0, 0.05) is 12.1 Å². The molecule has 0 saturated carbocycles. The number of pyridine rings is 1. The molecule has 3 aromatic heterocycles. The number of imidazole rings is 1. The number of carbonyl (C=O) groups is 1. The lowest BCUT2D eigenvalue weighted by molar-refractivity contribution is 0.0943. The molecule has 3 rings (SSSR count). The molecule has 8 heteroatoms. The smallest absolute Gasteiger partial charge is 0.270 e. The summed E-state index contributed by atoms with van der Waals surface area (Å²) in [6.45, 7) is 8.35. The van der Waals surface area contributed by atoms with Gasteiger partial charge in [0.15, 0.2) is 17.2 Å². The molecule has 132 valence electrons. The molecule has 0 saturated heterocycles. The van der Waals surface area contributed by atoms with E-state index < -0.39 is 0 Å². The number of ether oxygens (including phenoxy) is 1. The second-order valence-corrected chi connectivity index (χ2v) is 5.93. The topological polar surface area (TPSA) is 94.6 Å². The molecule has 0 aliphatic carbocycles. The molecule has 0 unspecified atom stereocenters. The number of aromatic nitrogens is 4. The number of carbonyl (C=O) groups excluding carboxylic acids is 1. The average Bonchev–Trinajstić information content (AvgIpc) is 3.17. The van der Waals surface area contributed by atoms with E-state index in [-0.39, 0.29) is 18.4 Å². The molecule has 25 heavy (non-hydrogen) atoms. The van der Waals surface area contributed by atoms with E-state index in [4.69, 9.17) is 9.26 Å². The number of hydrogen-bond donors (Lipinski definition) is 1. The standard InChI is InChI=1S/C17H21N5O3/c1-5-24-12-7-6-8-22-14(11(4)19-15(12)22)16(23)18-9-13-20-17(10(2)3)25-21-13/h6-8,10H,5,9H2,1-4H3,(H,18,23). The maximum absolute atomic E-state index is 12.6. The van der Waals surface area contributed by atoms with Crippen molar-refractivity contribution in [3.63, 3.8) is 0 Å². The zero-order valence-corrected chi connectivity index (χ0v) is 14.7. The van der Waals surface area contributed by atoms with Gasteiger partial charge in [0.05, 0.1) is 18.8 Å². The molecular formula is C17H21N5O3. The van der Waals surface area contributed by atoms with Crippen LogP contribution in [0.5, 0.6) is 5.75 Å². The molecule has 0 radical (unpaired) electrons. The highest BCUT2D eigenvalue weighted by molar-refractivity contribution is 5.94. The first kappa shape index (κ1) is 16.9. The summed E-state index contributed by atoms with van der Waals surface area (Å²) in [5.74, 6) is 1.53. The lowest BCUT2D eigenvalue weighted by atomic mass is 10.2. The van der Waals surface area contributed by atoms with Crippen LogP contribution < -0.4 is 10.1 Å². The van der Waals surface area contributed by atoms with Gasteiger partial charge in [-0.2, -0.15) is 4.98 Å². The third-order valence-corrected chi connectivity index (χ3v) is 3.69. The van der Waals surface area contributed by atoms with Gasteiger partial charge in [-0.05, 0) is 26.0 Å². The summed E-state index contributed by atoms with van der Waals surface area (Å²) >= 11 is 0. The SMILES string of the molecule is CCOc1cccn2c(C(=O)NCc3noc(C(C)C)n3)c(C)nc12. The first-order valence-electron chi connectivity index (χ1n) is 8.22. The second-order valence-electron chi connectivity index (χ2n) is 5.93. The summed E-state index contributed by atoms with van der Waals surface area (Å²) in [5, 5.41) is 6.68. The Morgan fingerprint density at radius 1 is 1.40 bits per heavy atom. The minimum atomic E-state index is -0.255. The van der Waals surface area contributed by atoms with Crippen LogP contribution in [0.25, 0.3) is 5.65 Å². The highest BCUT2D eigenvalue weighted by Crippen LogP contribution is 2.22. The molecule has 0 aliphatic rings. The zero-order valence-electron chi connectivity index (χ0n) is 14.7. The van der Waals surface area contributed by atoms with Crippen molar-refractivity contribution in [1.29, 1.82) is 0 Å². The fraction of sp³-hybridized carbons (Fsp3) is 0.412. The minimum Gasteiger partial charge on any atom is -0.490 e. The number of hydrogen-bond acceptors (Lipinski definition) is 6. The van der Waals surface area contributed by atoms with Crippen molar-refractivity contribution < 1.29 is 14.1 Å². The molecule has 0 bridgehead atoms. The van der Waals surface area contributed by atoms with Crippen molar-refractivity contribution in [2.75, 3.05) is 6.61 Å². The molecule has 1 N–H and O–H groups in total. The number of nitrogens with zero attached hydrogens (tertiary/aromatic N) is 4. The Kier molecular flexibility index (Phi) is 4.69. The number of fused-ring (bicyclic) bond motifs is 1. The molecule has 0 atom stereocenters. The number of rotatable bonds is 6. The molecule has 3 aromatic rings. The number of nitrogens with one attached hydrogen (secondary N) is 1. The van der Waals surface area contributed by atoms with E-state index in [2.05, 4.69) is 20.4 Å². The fourth-order valence-corrected chi connectivity index (χ4v) is 2.51. The predicted octanol–water partition coefficient (Wildman–Crippen LogP) is 2.48. The normalized spacial score (nSPS) is 11.2. The first-order valence-corrected chi connectivity index (χ1v) is 8.22. The number of amides is 1. The Morgan fingerprint density at radius 3 is 2.88 bits per heavy atom. The Bertz CT molecular complexity index is 897. The summed E-state index contributed by atoms with van der Waals surface area (Å²) < 4.78 is 12.4. The molecule has 8 nitrogen and oxygen atoms in total. The van der Waals surface area contributed by atoms with Crippen LogP contribution in [-0.2, 0) is 6.54 Å². The molecule has 0 fully saturated rings. The van der Waals surface area contributed by atoms with Crippen LogP contribution in [0, 0.1) is 6.92 Å². The highest BCUT2D eigenvalue weighted by atomic mass is 16.5. The van der Waals surface area contributed by atoms with Crippen LogP contribution in [0.1, 0.15) is 54.6 Å². The van der Waals surface area contributed by atoms with Gasteiger partial charge in [-0.25, -0.2) is 4.98 Å². The van der Waals surface area contributed by atoms with Crippen molar-refractivity contribution in [1.82, 2.24) is 24.8 Å². The van der Waals surface area contributed by atoms with E-state index in [9.17, 15) is 4.79 Å². The average molecular weight is 343 g/mol. The van der Waals surface area contributed by atoms with E-state index in [1.807, 2.05) is 32.9 Å². The third kappa shape index (κ3) is 3.33. The van der Waals surface area contributed by atoms with Gasteiger partial charge in [0.2, 0.25) is 5.89 Å². The van der Waals surface area contributed by atoms with Crippen molar-refractivity contribution in [2.45, 2.75) is 40.2 Å². The summed E-state index contributed by atoms with van der Waals surface area (Å²) in [4.78, 5) is 21.3. The lowest BCUT2D eigenvalue weighted by Crippen LogP contribution is -2.25. The van der Waals surface area contributed by atoms with Gasteiger partial charge in [0.25, 0.3) is 5.91 Å². The van der Waals surface area contributed by atoms with Gasteiger partial charge >= 0.3 is 0 Å². The fourth-order valence-electron chi connectivity index (χ4n) is 2.51. The largest absolute Gasteiger partial charge is 0.490 e. The Balaban J connectivity index is 1.82. The van der Waals surface area contributed by atoms with Crippen molar-refractivity contribution in [3.8, 4) is 5.75 Å². The van der Waals surface area contributed by atoms with Crippen LogP contribution in [-0.4, -0.2) is 32.0 Å². The molecular weight excluding hydrogens is 322 g/mol. The van der Waals surface area contributed by atoms with E-state index >= 15 is 0 Å². The highest BCUT2D eigenvalue weighted by Gasteiger charge is 2.19. The monoisotopic (exact) mass is 343 g/mol. The third-order valence-electron chi connectivity index (χ3n) is 3.69. The quantitative estimate of drug-likeness (QED) is 0.739. The molecule has 0 spiro atoms. The van der Waals surface area contributed by atoms with Crippen LogP contribution in [0.2, 0.25) is 0 Å². The Labute approximate surface area is 145 Å². The van der Waals surface area contributed by atoms with E-state index in [1.165, 1.54) is 0 Å². The van der Waals surface area contributed by atoms with Crippen molar-refractivity contribution >= 4 is 11.6 Å². The van der Waals surface area contributed by atoms with Crippen LogP contribution >= 0.6 is 0 Å². The van der Waals surface area contributed by atoms with Crippen LogP contribution in [0.3, 0.4) is 0 Å². The molecule has 0 aliphatic heterocycles. The van der Waals surface area contributed by atoms with Gasteiger partial charge in [0.1, 0.15) is 5.69 Å². The predicted molar refractivity (Wildman–Crippen MR) is 90.7 cm³/mol. The molecule has 3 heterocycles. The lowest BCUT2D eigenvalue weighted by Gasteiger charge is -2.06. The van der Waals surface area contributed by atoms with Gasteiger partial charge in [-0.1, -0.05) is 19.0 Å². The maximum Gasteiger partial charge on any atom is 0.270 e. The summed E-state index contributed by atoms with van der Waals surface area (Å²) in [5.41, 5.74) is 1.71. The summed E-state index contributed by atoms with van der Waals surface area (Å²) in [7, 11) is 0. The van der Waals surface area contributed by atoms with E-state index in [0.717, 1.165) is 0 Å².